The summed E-state index contributed by atoms with van der Waals surface area (Å²) in [5, 5.41) is 0. The van der Waals surface area contributed by atoms with Gasteiger partial charge in [0.15, 0.2) is 11.9 Å². The molecule has 2 rings (SSSR count). The van der Waals surface area contributed by atoms with Crippen LogP contribution in [0.25, 0.3) is 0 Å². The molecule has 0 bridgehead atoms. The maximum Gasteiger partial charge on any atom is 0.314 e. The van der Waals surface area contributed by atoms with E-state index in [-0.39, 0.29) is 11.6 Å². The van der Waals surface area contributed by atoms with Crippen molar-refractivity contribution in [2.24, 2.45) is 0 Å². The highest BCUT2D eigenvalue weighted by atomic mass is 16.5. The lowest BCUT2D eigenvalue weighted by molar-refractivity contribution is -0.148. The number of ether oxygens (including phenoxy) is 1. The van der Waals surface area contributed by atoms with Crippen LogP contribution in [0.2, 0.25) is 0 Å². The van der Waals surface area contributed by atoms with Crippen LogP contribution in [0.3, 0.4) is 0 Å². The lowest BCUT2D eigenvalue weighted by Gasteiger charge is -2.18. The number of nitrogens with one attached hydrogen (secondary N) is 1. The van der Waals surface area contributed by atoms with E-state index < -0.39 is 18.0 Å². The fourth-order valence-corrected chi connectivity index (χ4v) is 3.26. The molecule has 0 aliphatic carbocycles. The Morgan fingerprint density at radius 3 is 2.23 bits per heavy atom. The van der Waals surface area contributed by atoms with Crippen molar-refractivity contribution in [2.45, 2.75) is 53.1 Å². The summed E-state index contributed by atoms with van der Waals surface area (Å²) < 4.78 is 5.45. The first-order valence-electron chi connectivity index (χ1n) is 8.77. The van der Waals surface area contributed by atoms with Gasteiger partial charge in [0.25, 0.3) is 0 Å². The molecule has 0 amide bonds. The molecule has 0 saturated heterocycles. The molecule has 2 aromatic rings. The summed E-state index contributed by atoms with van der Waals surface area (Å²) in [6, 6.07) is 9.37. The van der Waals surface area contributed by atoms with Gasteiger partial charge in [0.1, 0.15) is 0 Å². The van der Waals surface area contributed by atoms with Gasteiger partial charge in [0.05, 0.1) is 11.6 Å². The smallest absolute Gasteiger partial charge is 0.314 e. The van der Waals surface area contributed by atoms with Gasteiger partial charge in [-0.05, 0) is 45.2 Å². The number of rotatable bonds is 7. The van der Waals surface area contributed by atoms with E-state index in [0.717, 1.165) is 5.56 Å². The van der Waals surface area contributed by atoms with Crippen molar-refractivity contribution >= 4 is 17.5 Å². The van der Waals surface area contributed by atoms with Crippen molar-refractivity contribution in [1.82, 2.24) is 4.98 Å². The number of aryl methyl sites for hydroxylation is 1. The fraction of sp³-hybridized carbons (Fsp3) is 0.381. The zero-order valence-electron chi connectivity index (χ0n) is 15.9. The summed E-state index contributed by atoms with van der Waals surface area (Å²) in [6.45, 7) is 8.40. The molecule has 0 saturated carbocycles. The molecular weight excluding hydrogens is 330 g/mol. The van der Waals surface area contributed by atoms with E-state index in [2.05, 4.69) is 4.98 Å². The van der Waals surface area contributed by atoms with Gasteiger partial charge in [-0.2, -0.15) is 0 Å². The number of esters is 1. The highest BCUT2D eigenvalue weighted by Gasteiger charge is 2.28. The van der Waals surface area contributed by atoms with Crippen LogP contribution in [0, 0.1) is 13.8 Å². The number of H-pyrrole nitrogens is 1. The van der Waals surface area contributed by atoms with Gasteiger partial charge in [0.2, 0.25) is 5.78 Å². The first-order chi connectivity index (χ1) is 12.3. The molecule has 1 aromatic heterocycles. The van der Waals surface area contributed by atoms with E-state index in [1.807, 2.05) is 37.3 Å². The van der Waals surface area contributed by atoms with Crippen molar-refractivity contribution in [3.8, 4) is 0 Å². The molecule has 1 N–H and O–H groups in total. The van der Waals surface area contributed by atoms with Gasteiger partial charge in [-0.3, -0.25) is 14.4 Å². The van der Waals surface area contributed by atoms with Crippen LogP contribution >= 0.6 is 0 Å². The number of carbonyl (C=O) groups excluding carboxylic acids is 3. The van der Waals surface area contributed by atoms with Crippen LogP contribution < -0.4 is 0 Å². The minimum Gasteiger partial charge on any atom is -0.454 e. The van der Waals surface area contributed by atoms with Crippen molar-refractivity contribution < 1.29 is 19.1 Å². The molecule has 26 heavy (non-hydrogen) atoms. The third kappa shape index (κ3) is 3.93. The maximum absolute atomic E-state index is 12.7. The van der Waals surface area contributed by atoms with E-state index in [0.29, 0.717) is 28.9 Å². The van der Waals surface area contributed by atoms with Crippen LogP contribution in [0.4, 0.5) is 0 Å². The van der Waals surface area contributed by atoms with Crippen molar-refractivity contribution in [1.29, 1.82) is 0 Å². The number of ketones is 2. The highest BCUT2D eigenvalue weighted by molar-refractivity contribution is 6.05. The minimum absolute atomic E-state index is 0.102. The van der Waals surface area contributed by atoms with E-state index in [1.54, 1.807) is 20.8 Å². The van der Waals surface area contributed by atoms with E-state index in [9.17, 15) is 14.4 Å². The van der Waals surface area contributed by atoms with Crippen molar-refractivity contribution in [3.63, 3.8) is 0 Å². The molecule has 0 unspecified atom stereocenters. The first kappa shape index (κ1) is 19.6. The fourth-order valence-electron chi connectivity index (χ4n) is 3.26. The summed E-state index contributed by atoms with van der Waals surface area (Å²) in [5.41, 5.74) is 2.94. The predicted molar refractivity (Wildman–Crippen MR) is 99.6 cm³/mol. The Labute approximate surface area is 153 Å². The monoisotopic (exact) mass is 355 g/mol. The standard InChI is InChI=1S/C21H25NO4/c1-6-17(16-10-8-7-9-11-16)21(25)26-15(5)20(24)19-12(2)18(14(4)23)13(3)22-19/h7-11,15,17,22H,6H2,1-5H3/t15-,17+/m0/s1. The van der Waals surface area contributed by atoms with Gasteiger partial charge in [0, 0.05) is 11.3 Å². The summed E-state index contributed by atoms with van der Waals surface area (Å²) in [7, 11) is 0. The highest BCUT2D eigenvalue weighted by Crippen LogP contribution is 2.24. The lowest BCUT2D eigenvalue weighted by atomic mass is 9.96. The Hall–Kier alpha value is -2.69. The van der Waals surface area contributed by atoms with Crippen LogP contribution in [0.5, 0.6) is 0 Å². The topological polar surface area (TPSA) is 76.2 Å². The molecule has 1 aromatic carbocycles. The second kappa shape index (κ2) is 8.13. The SMILES string of the molecule is CC[C@@H](C(=O)O[C@@H](C)C(=O)c1[nH]c(C)c(C(C)=O)c1C)c1ccccc1. The van der Waals surface area contributed by atoms with Crippen LogP contribution in [0.15, 0.2) is 30.3 Å². The Morgan fingerprint density at radius 1 is 1.12 bits per heavy atom. The number of hydrogen-bond donors (Lipinski definition) is 1. The van der Waals surface area contributed by atoms with E-state index >= 15 is 0 Å². The van der Waals surface area contributed by atoms with Crippen LogP contribution in [-0.4, -0.2) is 28.6 Å². The van der Waals surface area contributed by atoms with Gasteiger partial charge in [-0.15, -0.1) is 0 Å². The van der Waals surface area contributed by atoms with Crippen LogP contribution in [0.1, 0.15) is 70.8 Å². The van der Waals surface area contributed by atoms with Crippen molar-refractivity contribution in [3.05, 3.63) is 58.4 Å². The Morgan fingerprint density at radius 2 is 1.73 bits per heavy atom. The maximum atomic E-state index is 12.7. The third-order valence-corrected chi connectivity index (χ3v) is 4.59. The Bertz CT molecular complexity index is 820. The molecule has 0 spiro atoms. The van der Waals surface area contributed by atoms with Crippen molar-refractivity contribution in [2.75, 3.05) is 0 Å². The molecular formula is C21H25NO4. The summed E-state index contributed by atoms with van der Waals surface area (Å²) in [4.78, 5) is 40.0. The van der Waals surface area contributed by atoms with Crippen LogP contribution in [-0.2, 0) is 9.53 Å². The average molecular weight is 355 g/mol. The number of benzene rings is 1. The van der Waals surface area contributed by atoms with Gasteiger partial charge in [-0.1, -0.05) is 37.3 Å². The molecule has 5 heteroatoms. The van der Waals surface area contributed by atoms with Gasteiger partial charge >= 0.3 is 5.97 Å². The molecule has 0 radical (unpaired) electrons. The number of hydrogen-bond acceptors (Lipinski definition) is 4. The zero-order valence-corrected chi connectivity index (χ0v) is 15.9. The second-order valence-electron chi connectivity index (χ2n) is 6.50. The Kier molecular flexibility index (Phi) is 6.14. The summed E-state index contributed by atoms with van der Waals surface area (Å²) >= 11 is 0. The lowest BCUT2D eigenvalue weighted by Crippen LogP contribution is -2.28. The quantitative estimate of drug-likeness (QED) is 0.598. The second-order valence-corrected chi connectivity index (χ2v) is 6.50. The normalized spacial score (nSPS) is 13.1. The third-order valence-electron chi connectivity index (χ3n) is 4.59. The van der Waals surface area contributed by atoms with Gasteiger partial charge < -0.3 is 9.72 Å². The zero-order chi connectivity index (χ0) is 19.4. The number of carbonyl (C=O) groups is 3. The largest absolute Gasteiger partial charge is 0.454 e. The summed E-state index contributed by atoms with van der Waals surface area (Å²) in [5.74, 6) is -1.28. The number of Topliss-reactive ketones (excluding diaryl/α,β-unsaturated/α-hetero) is 2. The minimum atomic E-state index is -0.933. The van der Waals surface area contributed by atoms with Gasteiger partial charge in [-0.25, -0.2) is 0 Å². The molecule has 2 atom stereocenters. The average Bonchev–Trinajstić information content (AvgIpc) is 2.90. The predicted octanol–water partition coefficient (Wildman–Crippen LogP) is 4.14. The molecule has 0 aliphatic rings. The molecule has 0 aliphatic heterocycles. The number of aromatic nitrogens is 1. The Balaban J connectivity index is 2.18. The first-order valence-corrected chi connectivity index (χ1v) is 8.77. The molecule has 1 heterocycles. The summed E-state index contributed by atoms with van der Waals surface area (Å²) in [6.07, 6.45) is -0.351. The molecule has 5 nitrogen and oxygen atoms in total. The number of aromatic amines is 1. The van der Waals surface area contributed by atoms with E-state index in [4.69, 9.17) is 4.74 Å². The van der Waals surface area contributed by atoms with E-state index in [1.165, 1.54) is 6.92 Å². The molecule has 138 valence electrons. The molecule has 0 fully saturated rings.